The van der Waals surface area contributed by atoms with Gasteiger partial charge in [-0.25, -0.2) is 0 Å². The Kier molecular flexibility index (Phi) is 12.3. The Morgan fingerprint density at radius 2 is 1.68 bits per heavy atom. The number of fused-ring (bicyclic) bond motifs is 13. The van der Waals surface area contributed by atoms with Gasteiger partial charge >= 0.3 is 6.29 Å². The van der Waals surface area contributed by atoms with Gasteiger partial charge in [0.2, 0.25) is 5.78 Å². The number of carbonyl (C=O) groups is 2. The first-order valence-electron chi connectivity index (χ1n) is 20.5. The summed E-state index contributed by atoms with van der Waals surface area (Å²) in [5, 5.41) is 31.1. The minimum absolute atomic E-state index is 0.0483. The van der Waals surface area contributed by atoms with Crippen LogP contribution in [0.1, 0.15) is 86.3 Å². The maximum absolute atomic E-state index is 14.2. The number of piperazine rings is 1. The molecular formula is C46H57N5O6. The van der Waals surface area contributed by atoms with Crippen molar-refractivity contribution in [3.8, 4) is 17.2 Å². The molecule has 0 saturated carbocycles. The van der Waals surface area contributed by atoms with Crippen LogP contribution in [0.15, 0.2) is 66.6 Å². The molecule has 302 valence electrons. The van der Waals surface area contributed by atoms with Crippen molar-refractivity contribution in [2.75, 3.05) is 43.4 Å². The molecule has 11 nitrogen and oxygen atoms in total. The Balaban J connectivity index is 1.29. The van der Waals surface area contributed by atoms with E-state index < -0.39 is 18.0 Å². The summed E-state index contributed by atoms with van der Waals surface area (Å²) in [6.45, 7) is 12.8. The zero-order chi connectivity index (χ0) is 40.2. The van der Waals surface area contributed by atoms with Crippen LogP contribution in [-0.4, -0.2) is 71.3 Å². The number of aromatic hydroxyl groups is 2. The van der Waals surface area contributed by atoms with E-state index in [-0.39, 0.29) is 39.4 Å². The number of benzene rings is 3. The van der Waals surface area contributed by atoms with E-state index in [1.54, 1.807) is 19.9 Å². The molecule has 5 bridgehead atoms. The van der Waals surface area contributed by atoms with Crippen molar-refractivity contribution in [1.82, 2.24) is 15.2 Å². The minimum atomic E-state index is -1.25. The van der Waals surface area contributed by atoms with E-state index in [0.29, 0.717) is 46.8 Å². The van der Waals surface area contributed by atoms with Crippen LogP contribution < -0.4 is 20.3 Å². The van der Waals surface area contributed by atoms with E-state index in [1.807, 2.05) is 25.4 Å². The number of aromatic amines is 1. The van der Waals surface area contributed by atoms with Gasteiger partial charge in [0.15, 0.2) is 5.75 Å². The zero-order valence-electron chi connectivity index (χ0n) is 33.9. The van der Waals surface area contributed by atoms with E-state index in [2.05, 4.69) is 69.6 Å². The van der Waals surface area contributed by atoms with Crippen LogP contribution in [0.5, 0.6) is 17.2 Å². The topological polar surface area (TPSA) is 139 Å². The van der Waals surface area contributed by atoms with Crippen LogP contribution in [0, 0.1) is 18.8 Å². The number of H-pyrrole nitrogens is 1. The Hall–Kier alpha value is -5.26. The molecule has 0 spiro atoms. The zero-order valence-corrected chi connectivity index (χ0v) is 33.9. The molecule has 0 unspecified atom stereocenters. The number of nitrogens with one attached hydrogen (secondary N) is 3. The molecule has 4 aliphatic heterocycles. The van der Waals surface area contributed by atoms with Crippen molar-refractivity contribution >= 4 is 44.7 Å². The number of aromatic nitrogens is 1. The number of carbonyl (C=O) groups excluding carboxylic acids is 2. The summed E-state index contributed by atoms with van der Waals surface area (Å²) in [6, 6.07) is 8.65. The Labute approximate surface area is 335 Å². The molecule has 11 heteroatoms. The minimum Gasteiger partial charge on any atom is -0.507 e. The average Bonchev–Trinajstić information content (AvgIpc) is 3.76. The summed E-state index contributed by atoms with van der Waals surface area (Å²) in [5.74, 6) is -0.359. The van der Waals surface area contributed by atoms with Crippen molar-refractivity contribution < 1.29 is 29.3 Å². The van der Waals surface area contributed by atoms with Crippen molar-refractivity contribution in [3.05, 3.63) is 88.9 Å². The number of rotatable bonds is 5. The van der Waals surface area contributed by atoms with Gasteiger partial charge in [-0.05, 0) is 74.9 Å². The number of hydrogen-bond acceptors (Lipinski definition) is 9. The average molecular weight is 776 g/mol. The number of anilines is 2. The second kappa shape index (κ2) is 17.5. The third-order valence-corrected chi connectivity index (χ3v) is 11.7. The van der Waals surface area contributed by atoms with Gasteiger partial charge in [-0.1, -0.05) is 69.9 Å². The molecule has 4 aromatic rings. The van der Waals surface area contributed by atoms with Gasteiger partial charge in [0, 0.05) is 73.1 Å². The van der Waals surface area contributed by atoms with E-state index in [1.165, 1.54) is 11.9 Å². The quantitative estimate of drug-likeness (QED) is 0.126. The van der Waals surface area contributed by atoms with Crippen LogP contribution in [0.4, 0.5) is 11.4 Å². The third kappa shape index (κ3) is 8.55. The molecule has 0 radical (unpaired) electrons. The molecule has 1 saturated heterocycles. The summed E-state index contributed by atoms with van der Waals surface area (Å²) in [4.78, 5) is 35.9. The first-order valence-corrected chi connectivity index (χ1v) is 20.5. The molecule has 3 aromatic carbocycles. The number of allylic oxidation sites excluding steroid dienone is 4. The monoisotopic (exact) mass is 775 g/mol. The van der Waals surface area contributed by atoms with Gasteiger partial charge in [-0.15, -0.1) is 0 Å². The van der Waals surface area contributed by atoms with Gasteiger partial charge < -0.3 is 40.2 Å². The predicted octanol–water partition coefficient (Wildman–Crippen LogP) is 8.58. The van der Waals surface area contributed by atoms with Crippen LogP contribution >= 0.6 is 0 Å². The highest BCUT2D eigenvalue weighted by Crippen LogP contribution is 2.53. The van der Waals surface area contributed by atoms with Crippen molar-refractivity contribution in [3.63, 3.8) is 0 Å². The second-order valence-electron chi connectivity index (χ2n) is 16.3. The fraction of sp³-hybridized carbons (Fsp3) is 0.435. The molecule has 1 fully saturated rings. The predicted molar refractivity (Wildman–Crippen MR) is 227 cm³/mol. The highest BCUT2D eigenvalue weighted by Gasteiger charge is 2.40. The summed E-state index contributed by atoms with van der Waals surface area (Å²) in [5.41, 5.74) is 4.74. The molecule has 1 amide bonds. The van der Waals surface area contributed by atoms with Crippen LogP contribution in [0.3, 0.4) is 0 Å². The number of nitrogens with zero attached hydrogens (tertiary/aromatic N) is 2. The van der Waals surface area contributed by atoms with Crippen LogP contribution in [0.25, 0.3) is 21.7 Å². The highest BCUT2D eigenvalue weighted by molar-refractivity contribution is 6.28. The van der Waals surface area contributed by atoms with E-state index >= 15 is 0 Å². The number of Topliss-reactive ketones (excluding diaryl/α,β-unsaturated/α-hetero) is 1. The second-order valence-corrected chi connectivity index (χ2v) is 16.3. The maximum Gasteiger partial charge on any atom is 0.304 e. The van der Waals surface area contributed by atoms with E-state index in [9.17, 15) is 19.8 Å². The number of amides is 1. The third-order valence-electron chi connectivity index (χ3n) is 11.7. The SMILES string of the molecule is C/C1=C/C=C/[C@H](C)CCCCC[C@H](C)C/C=C/O[C@H]2Oc3c(C)c(O)c4c(O)c(c5c(CN(C)Cc6ccc(N7CCNCC7)cc6)c[nH]c5c4c3C2=O)NC1=O. The van der Waals surface area contributed by atoms with Crippen LogP contribution in [0.2, 0.25) is 0 Å². The molecule has 57 heavy (non-hydrogen) atoms. The van der Waals surface area contributed by atoms with Crippen molar-refractivity contribution in [2.24, 2.45) is 11.8 Å². The smallest absolute Gasteiger partial charge is 0.304 e. The fourth-order valence-electron chi connectivity index (χ4n) is 8.34. The Bertz CT molecular complexity index is 2210. The first kappa shape index (κ1) is 40.0. The lowest BCUT2D eigenvalue weighted by molar-refractivity contribution is -0.112. The number of ether oxygens (including phenoxy) is 2. The van der Waals surface area contributed by atoms with Gasteiger partial charge in [0.25, 0.3) is 5.91 Å². The molecule has 4 aliphatic rings. The molecule has 0 aliphatic carbocycles. The summed E-state index contributed by atoms with van der Waals surface area (Å²) in [7, 11) is 2.02. The van der Waals surface area contributed by atoms with E-state index in [0.717, 1.165) is 75.8 Å². The summed E-state index contributed by atoms with van der Waals surface area (Å²) in [6.07, 6.45) is 16.3. The maximum atomic E-state index is 14.2. The Morgan fingerprint density at radius 1 is 0.930 bits per heavy atom. The summed E-state index contributed by atoms with van der Waals surface area (Å²) < 4.78 is 12.0. The standard InChI is InChI=1S/C46H57N5O6/c1-28-11-7-6-8-12-29(2)14-10-24-56-46-43(54)38-36-37(41(52)31(4)44(38)57-46)42(53)40(49-45(55)30(3)15-9-13-28)35-33(25-48-39(35)36)27-50(5)26-32-16-18-34(19-17-32)51-22-20-47-21-23-51/h9-10,13,15-19,24-25,28-29,46-48,52-53H,6-8,11-12,14,20-23,26-27H2,1-5H3,(H,49,55)/b13-9+,24-10+,30-15-/t28-,29+,46+/m1/s1. The number of hydrogen-bond donors (Lipinski definition) is 5. The molecular weight excluding hydrogens is 719 g/mol. The van der Waals surface area contributed by atoms with E-state index in [4.69, 9.17) is 9.47 Å². The van der Waals surface area contributed by atoms with Gasteiger partial charge in [0.1, 0.15) is 11.5 Å². The highest BCUT2D eigenvalue weighted by atomic mass is 16.7. The molecule has 8 rings (SSSR count). The fourth-order valence-corrected chi connectivity index (χ4v) is 8.34. The van der Waals surface area contributed by atoms with Crippen molar-refractivity contribution in [2.45, 2.75) is 85.6 Å². The van der Waals surface area contributed by atoms with Crippen molar-refractivity contribution in [1.29, 1.82) is 0 Å². The number of phenols is 2. The number of ketones is 1. The van der Waals surface area contributed by atoms with Gasteiger partial charge in [0.05, 0.1) is 28.4 Å². The van der Waals surface area contributed by atoms with Gasteiger partial charge in [-0.2, -0.15) is 0 Å². The summed E-state index contributed by atoms with van der Waals surface area (Å²) >= 11 is 0. The lowest BCUT2D eigenvalue weighted by Crippen LogP contribution is -2.43. The molecule has 3 atom stereocenters. The lowest BCUT2D eigenvalue weighted by Gasteiger charge is -2.29. The molecule has 5 heterocycles. The normalized spacial score (nSPS) is 23.4. The Morgan fingerprint density at radius 3 is 2.46 bits per heavy atom. The largest absolute Gasteiger partial charge is 0.507 e. The lowest BCUT2D eigenvalue weighted by atomic mass is 9.92. The number of phenolic OH excluding ortho intramolecular Hbond substituents is 2. The van der Waals surface area contributed by atoms with Crippen LogP contribution in [-0.2, 0) is 22.6 Å². The van der Waals surface area contributed by atoms with Gasteiger partial charge in [-0.3, -0.25) is 14.5 Å². The first-order chi connectivity index (χ1) is 27.5. The molecule has 1 aromatic heterocycles. The molecule has 5 N–H and O–H groups in total.